The topological polar surface area (TPSA) is 71.5 Å². The molecule has 0 bridgehead atoms. The van der Waals surface area contributed by atoms with Crippen LogP contribution in [0, 0.1) is 11.8 Å². The predicted octanol–water partition coefficient (Wildman–Crippen LogP) is 3.24. The summed E-state index contributed by atoms with van der Waals surface area (Å²) in [6.45, 7) is 1.65. The van der Waals surface area contributed by atoms with Crippen molar-refractivity contribution in [1.29, 1.82) is 0 Å². The fraction of sp³-hybridized carbons (Fsp3) is 0.381. The molecular formula is C21H22ClN3O3. The van der Waals surface area contributed by atoms with Crippen LogP contribution in [0.4, 0.5) is 5.69 Å². The van der Waals surface area contributed by atoms with Crippen LogP contribution < -0.4 is 5.32 Å². The lowest BCUT2D eigenvalue weighted by atomic mass is 9.83. The molecule has 6 nitrogen and oxygen atoms in total. The maximum Gasteiger partial charge on any atom is 0.253 e. The van der Waals surface area contributed by atoms with Crippen LogP contribution in [-0.2, 0) is 9.53 Å². The highest BCUT2D eigenvalue weighted by molar-refractivity contribution is 6.30. The first kappa shape index (κ1) is 18.9. The van der Waals surface area contributed by atoms with Crippen molar-refractivity contribution in [3.05, 3.63) is 59.4 Å². The largest absolute Gasteiger partial charge is 0.377 e. The zero-order chi connectivity index (χ0) is 19.5. The van der Waals surface area contributed by atoms with Gasteiger partial charge in [0.25, 0.3) is 5.91 Å². The number of carbonyl (C=O) groups excluding carboxylic acids is 2. The first-order chi connectivity index (χ1) is 13.6. The molecule has 0 unspecified atom stereocenters. The van der Waals surface area contributed by atoms with Crippen LogP contribution in [0.5, 0.6) is 0 Å². The predicted molar refractivity (Wildman–Crippen MR) is 106 cm³/mol. The van der Waals surface area contributed by atoms with Crippen LogP contribution in [0.25, 0.3) is 0 Å². The highest BCUT2D eigenvalue weighted by Crippen LogP contribution is 2.32. The van der Waals surface area contributed by atoms with Gasteiger partial charge in [-0.05, 0) is 43.2 Å². The molecule has 1 aromatic heterocycles. The Morgan fingerprint density at radius 2 is 2.14 bits per heavy atom. The number of nitrogens with one attached hydrogen (secondary N) is 1. The van der Waals surface area contributed by atoms with Gasteiger partial charge in [-0.1, -0.05) is 17.7 Å². The second kappa shape index (κ2) is 8.29. The number of piperidine rings is 1. The lowest BCUT2D eigenvalue weighted by Crippen LogP contribution is -2.51. The van der Waals surface area contributed by atoms with Gasteiger partial charge in [0, 0.05) is 35.8 Å². The van der Waals surface area contributed by atoms with Gasteiger partial charge in [0.1, 0.15) is 0 Å². The lowest BCUT2D eigenvalue weighted by molar-refractivity contribution is -0.133. The van der Waals surface area contributed by atoms with E-state index in [9.17, 15) is 9.59 Å². The van der Waals surface area contributed by atoms with E-state index in [0.717, 1.165) is 6.42 Å². The molecule has 7 heteroatoms. The number of ether oxygens (including phenoxy) is 1. The van der Waals surface area contributed by atoms with Crippen molar-refractivity contribution in [2.45, 2.75) is 18.9 Å². The average Bonchev–Trinajstić information content (AvgIpc) is 2.73. The molecular weight excluding hydrogens is 378 g/mol. The molecule has 0 spiro atoms. The minimum atomic E-state index is -0.234. The molecule has 28 heavy (non-hydrogen) atoms. The van der Waals surface area contributed by atoms with Crippen LogP contribution in [0.3, 0.4) is 0 Å². The normalized spacial score (nSPS) is 24.3. The minimum absolute atomic E-state index is 0.0251. The van der Waals surface area contributed by atoms with E-state index in [-0.39, 0.29) is 29.8 Å². The highest BCUT2D eigenvalue weighted by Gasteiger charge is 2.39. The number of amides is 2. The molecule has 3 heterocycles. The fourth-order valence-corrected chi connectivity index (χ4v) is 4.17. The zero-order valence-electron chi connectivity index (χ0n) is 15.4. The molecule has 2 aliphatic rings. The Morgan fingerprint density at radius 3 is 2.93 bits per heavy atom. The Labute approximate surface area is 168 Å². The summed E-state index contributed by atoms with van der Waals surface area (Å²) in [7, 11) is 0. The molecule has 4 rings (SSSR count). The Bertz CT molecular complexity index is 861. The van der Waals surface area contributed by atoms with Gasteiger partial charge >= 0.3 is 0 Å². The smallest absolute Gasteiger partial charge is 0.253 e. The third-order valence-electron chi connectivity index (χ3n) is 5.42. The van der Waals surface area contributed by atoms with E-state index in [1.165, 1.54) is 0 Å². The van der Waals surface area contributed by atoms with Gasteiger partial charge in [-0.3, -0.25) is 14.6 Å². The Balaban J connectivity index is 1.39. The van der Waals surface area contributed by atoms with Crippen LogP contribution in [0.1, 0.15) is 23.2 Å². The SMILES string of the molecule is O=C(Nc1cccnc1)[C@@H]1CO[C@@H]2CCN(C(=O)c3cccc(Cl)c3)C[C@@H]2C1. The van der Waals surface area contributed by atoms with Crippen molar-refractivity contribution in [3.8, 4) is 0 Å². The van der Waals surface area contributed by atoms with Crippen LogP contribution in [0.2, 0.25) is 5.02 Å². The van der Waals surface area contributed by atoms with E-state index in [1.54, 1.807) is 42.7 Å². The van der Waals surface area contributed by atoms with Crippen molar-refractivity contribution >= 4 is 29.1 Å². The minimum Gasteiger partial charge on any atom is -0.377 e. The third-order valence-corrected chi connectivity index (χ3v) is 5.66. The Kier molecular flexibility index (Phi) is 5.59. The number of carbonyl (C=O) groups is 2. The van der Waals surface area contributed by atoms with E-state index < -0.39 is 0 Å². The molecule has 146 valence electrons. The van der Waals surface area contributed by atoms with E-state index in [1.807, 2.05) is 11.0 Å². The van der Waals surface area contributed by atoms with Crippen molar-refractivity contribution in [2.75, 3.05) is 25.0 Å². The number of hydrogen-bond donors (Lipinski definition) is 1. The summed E-state index contributed by atoms with van der Waals surface area (Å²) in [5.74, 6) is -0.175. The number of fused-ring (bicyclic) bond motifs is 1. The molecule has 2 saturated heterocycles. The molecule has 3 atom stereocenters. The third kappa shape index (κ3) is 4.18. The summed E-state index contributed by atoms with van der Waals surface area (Å²) in [6, 6.07) is 10.6. The van der Waals surface area contributed by atoms with Crippen LogP contribution in [-0.4, -0.2) is 47.5 Å². The average molecular weight is 400 g/mol. The number of rotatable bonds is 3. The fourth-order valence-electron chi connectivity index (χ4n) is 3.98. The maximum absolute atomic E-state index is 12.8. The zero-order valence-corrected chi connectivity index (χ0v) is 16.1. The van der Waals surface area contributed by atoms with E-state index in [4.69, 9.17) is 16.3 Å². The number of aromatic nitrogens is 1. The molecule has 0 aliphatic carbocycles. The summed E-state index contributed by atoms with van der Waals surface area (Å²) in [5, 5.41) is 3.45. The van der Waals surface area contributed by atoms with E-state index >= 15 is 0 Å². The van der Waals surface area contributed by atoms with E-state index in [0.29, 0.717) is 42.4 Å². The van der Waals surface area contributed by atoms with Crippen molar-refractivity contribution in [2.24, 2.45) is 11.8 Å². The second-order valence-corrected chi connectivity index (χ2v) is 7.78. The van der Waals surface area contributed by atoms with Gasteiger partial charge in [0.2, 0.25) is 5.91 Å². The van der Waals surface area contributed by atoms with Gasteiger partial charge < -0.3 is 15.0 Å². The van der Waals surface area contributed by atoms with Gasteiger partial charge in [0.15, 0.2) is 0 Å². The van der Waals surface area contributed by atoms with Crippen LogP contribution in [0.15, 0.2) is 48.8 Å². The first-order valence-electron chi connectivity index (χ1n) is 9.47. The van der Waals surface area contributed by atoms with Gasteiger partial charge in [-0.2, -0.15) is 0 Å². The number of likely N-dealkylation sites (tertiary alicyclic amines) is 1. The quantitative estimate of drug-likeness (QED) is 0.860. The summed E-state index contributed by atoms with van der Waals surface area (Å²) in [6.07, 6.45) is 4.88. The molecule has 2 aromatic rings. The monoisotopic (exact) mass is 399 g/mol. The number of anilines is 1. The van der Waals surface area contributed by atoms with Crippen molar-refractivity contribution in [3.63, 3.8) is 0 Å². The summed E-state index contributed by atoms with van der Waals surface area (Å²) >= 11 is 6.02. The Hall–Kier alpha value is -2.44. The standard InChI is InChI=1S/C21H22ClN3O3/c22-17-4-1-3-14(10-17)21(27)25-8-6-19-15(12-25)9-16(13-28-19)20(26)24-18-5-2-7-23-11-18/h1-5,7,10-11,15-16,19H,6,8-9,12-13H2,(H,24,26)/t15-,16-,19+/m0/s1. The van der Waals surface area contributed by atoms with Gasteiger partial charge in [-0.15, -0.1) is 0 Å². The molecule has 2 amide bonds. The first-order valence-corrected chi connectivity index (χ1v) is 9.85. The molecule has 1 aromatic carbocycles. The molecule has 0 saturated carbocycles. The number of nitrogens with zero attached hydrogens (tertiary/aromatic N) is 2. The number of hydrogen-bond acceptors (Lipinski definition) is 4. The van der Waals surface area contributed by atoms with Crippen molar-refractivity contribution in [1.82, 2.24) is 9.88 Å². The summed E-state index contributed by atoms with van der Waals surface area (Å²) in [5.41, 5.74) is 1.27. The number of pyridine rings is 1. The van der Waals surface area contributed by atoms with Crippen molar-refractivity contribution < 1.29 is 14.3 Å². The maximum atomic E-state index is 12.8. The van der Waals surface area contributed by atoms with E-state index in [2.05, 4.69) is 10.3 Å². The van der Waals surface area contributed by atoms with Gasteiger partial charge in [0.05, 0.1) is 30.5 Å². The number of halogens is 1. The summed E-state index contributed by atoms with van der Waals surface area (Å²) < 4.78 is 5.97. The molecule has 2 fully saturated rings. The number of benzene rings is 1. The Morgan fingerprint density at radius 1 is 1.25 bits per heavy atom. The van der Waals surface area contributed by atoms with Crippen LogP contribution >= 0.6 is 11.6 Å². The second-order valence-electron chi connectivity index (χ2n) is 7.35. The lowest BCUT2D eigenvalue weighted by Gasteiger charge is -2.43. The molecule has 1 N–H and O–H groups in total. The highest BCUT2D eigenvalue weighted by atomic mass is 35.5. The molecule has 0 radical (unpaired) electrons. The molecule has 2 aliphatic heterocycles. The van der Waals surface area contributed by atoms with Gasteiger partial charge in [-0.25, -0.2) is 0 Å². The summed E-state index contributed by atoms with van der Waals surface area (Å²) in [4.78, 5) is 31.3.